The molecule has 2 rings (SSSR count). The molecule has 6 heteroatoms. The lowest BCUT2D eigenvalue weighted by Crippen LogP contribution is -2.03. The van der Waals surface area contributed by atoms with E-state index in [1.165, 1.54) is 18.0 Å². The standard InChI is InChI=1S/C12H9ClN2O2S/c13-9-6-14-12(15-10(9)11(16)17)18-7-8-4-2-1-3-5-8/h1-6H,7H2,(H,16,17). The van der Waals surface area contributed by atoms with E-state index in [2.05, 4.69) is 9.97 Å². The van der Waals surface area contributed by atoms with E-state index in [9.17, 15) is 4.79 Å². The van der Waals surface area contributed by atoms with Crippen molar-refractivity contribution >= 4 is 29.3 Å². The Morgan fingerprint density at radius 3 is 2.72 bits per heavy atom. The van der Waals surface area contributed by atoms with Gasteiger partial charge in [0.1, 0.15) is 0 Å². The highest BCUT2D eigenvalue weighted by molar-refractivity contribution is 7.98. The number of carboxylic acid groups (broad SMARTS) is 1. The van der Waals surface area contributed by atoms with E-state index >= 15 is 0 Å². The molecule has 0 aliphatic heterocycles. The first-order valence-corrected chi connectivity index (χ1v) is 6.46. The van der Waals surface area contributed by atoms with Gasteiger partial charge in [-0.25, -0.2) is 14.8 Å². The molecule has 0 saturated carbocycles. The Labute approximate surface area is 113 Å². The fourth-order valence-electron chi connectivity index (χ4n) is 1.29. The van der Waals surface area contributed by atoms with Crippen molar-refractivity contribution in [3.8, 4) is 0 Å². The molecule has 0 saturated heterocycles. The van der Waals surface area contributed by atoms with Crippen molar-refractivity contribution in [2.45, 2.75) is 10.9 Å². The molecule has 0 radical (unpaired) electrons. The molecule has 0 unspecified atom stereocenters. The molecule has 1 aromatic carbocycles. The van der Waals surface area contributed by atoms with Crippen molar-refractivity contribution in [3.05, 3.63) is 52.8 Å². The minimum absolute atomic E-state index is 0.0477. The number of hydrogen-bond acceptors (Lipinski definition) is 4. The third-order valence-electron chi connectivity index (χ3n) is 2.14. The Morgan fingerprint density at radius 2 is 2.06 bits per heavy atom. The summed E-state index contributed by atoms with van der Waals surface area (Å²) in [6.07, 6.45) is 1.31. The van der Waals surface area contributed by atoms with Gasteiger partial charge in [-0.1, -0.05) is 53.7 Å². The van der Waals surface area contributed by atoms with Crippen molar-refractivity contribution in [2.24, 2.45) is 0 Å². The highest BCUT2D eigenvalue weighted by Gasteiger charge is 2.12. The van der Waals surface area contributed by atoms with Crippen LogP contribution in [0.4, 0.5) is 0 Å². The van der Waals surface area contributed by atoms with Crippen LogP contribution in [0.2, 0.25) is 5.02 Å². The normalized spacial score (nSPS) is 10.3. The summed E-state index contributed by atoms with van der Waals surface area (Å²) in [4.78, 5) is 18.8. The van der Waals surface area contributed by atoms with Gasteiger partial charge in [0.2, 0.25) is 0 Å². The predicted molar refractivity (Wildman–Crippen MR) is 70.0 cm³/mol. The van der Waals surface area contributed by atoms with E-state index in [0.29, 0.717) is 10.9 Å². The quantitative estimate of drug-likeness (QED) is 0.689. The topological polar surface area (TPSA) is 63.1 Å². The maximum absolute atomic E-state index is 10.9. The second-order valence-corrected chi connectivity index (χ2v) is 4.78. The maximum Gasteiger partial charge on any atom is 0.356 e. The Balaban J connectivity index is 2.11. The number of carbonyl (C=O) groups is 1. The molecule has 92 valence electrons. The number of aromatic carboxylic acids is 1. The van der Waals surface area contributed by atoms with Gasteiger partial charge in [0, 0.05) is 5.75 Å². The number of rotatable bonds is 4. The number of hydrogen-bond donors (Lipinski definition) is 1. The summed E-state index contributed by atoms with van der Waals surface area (Å²) < 4.78 is 0. The number of halogens is 1. The van der Waals surface area contributed by atoms with Crippen LogP contribution in [0.1, 0.15) is 16.1 Å². The summed E-state index contributed by atoms with van der Waals surface area (Å²) >= 11 is 7.06. The van der Waals surface area contributed by atoms with Crippen molar-refractivity contribution in [3.63, 3.8) is 0 Å². The lowest BCUT2D eigenvalue weighted by Gasteiger charge is -2.02. The Hall–Kier alpha value is -1.59. The molecule has 18 heavy (non-hydrogen) atoms. The predicted octanol–water partition coefficient (Wildman–Crippen LogP) is 3.12. The molecule has 0 spiro atoms. The first kappa shape index (κ1) is 12.9. The Bertz CT molecular complexity index is 563. The third kappa shape index (κ3) is 3.21. The Morgan fingerprint density at radius 1 is 1.33 bits per heavy atom. The van der Waals surface area contributed by atoms with E-state index < -0.39 is 5.97 Å². The Kier molecular flexibility index (Phi) is 4.17. The summed E-state index contributed by atoms with van der Waals surface area (Å²) in [5.41, 5.74) is 0.958. The molecule has 1 N–H and O–H groups in total. The van der Waals surface area contributed by atoms with Gasteiger partial charge in [-0.3, -0.25) is 0 Å². The number of carboxylic acids is 1. The summed E-state index contributed by atoms with van der Waals surface area (Å²) in [5.74, 6) is -0.467. The molecule has 2 aromatic rings. The second kappa shape index (κ2) is 5.84. The van der Waals surface area contributed by atoms with Gasteiger partial charge in [0.25, 0.3) is 0 Å². The van der Waals surface area contributed by atoms with Crippen LogP contribution in [0.25, 0.3) is 0 Å². The highest BCUT2D eigenvalue weighted by Crippen LogP contribution is 2.21. The van der Waals surface area contributed by atoms with E-state index in [1.807, 2.05) is 30.3 Å². The summed E-state index contributed by atoms with van der Waals surface area (Å²) in [6, 6.07) is 9.81. The molecule has 0 atom stereocenters. The van der Waals surface area contributed by atoms with Crippen LogP contribution in [-0.2, 0) is 5.75 Å². The number of benzene rings is 1. The van der Waals surface area contributed by atoms with Crippen molar-refractivity contribution < 1.29 is 9.90 Å². The van der Waals surface area contributed by atoms with Gasteiger partial charge in [0.15, 0.2) is 10.9 Å². The zero-order valence-corrected chi connectivity index (χ0v) is 10.8. The highest BCUT2D eigenvalue weighted by atomic mass is 35.5. The molecule has 0 bridgehead atoms. The molecule has 0 aliphatic rings. The SMILES string of the molecule is O=C(O)c1nc(SCc2ccccc2)ncc1Cl. The van der Waals surface area contributed by atoms with Crippen LogP contribution in [0.5, 0.6) is 0 Å². The largest absolute Gasteiger partial charge is 0.476 e. The fourth-order valence-corrected chi connectivity index (χ4v) is 2.24. The molecule has 0 aliphatic carbocycles. The molecular weight excluding hydrogens is 272 g/mol. The first-order chi connectivity index (χ1) is 8.66. The monoisotopic (exact) mass is 280 g/mol. The number of nitrogens with zero attached hydrogens (tertiary/aromatic N) is 2. The van der Waals surface area contributed by atoms with Gasteiger partial charge in [-0.05, 0) is 5.56 Å². The van der Waals surface area contributed by atoms with Crippen molar-refractivity contribution in [2.75, 3.05) is 0 Å². The van der Waals surface area contributed by atoms with Crippen LogP contribution >= 0.6 is 23.4 Å². The zero-order valence-electron chi connectivity index (χ0n) is 9.21. The van der Waals surface area contributed by atoms with Crippen LogP contribution in [0, 0.1) is 0 Å². The molecule has 1 aromatic heterocycles. The molecule has 1 heterocycles. The van der Waals surface area contributed by atoms with Crippen molar-refractivity contribution in [1.82, 2.24) is 9.97 Å². The minimum Gasteiger partial charge on any atom is -0.476 e. The number of thioether (sulfide) groups is 1. The van der Waals surface area contributed by atoms with Gasteiger partial charge in [-0.2, -0.15) is 0 Å². The maximum atomic E-state index is 10.9. The lowest BCUT2D eigenvalue weighted by molar-refractivity contribution is 0.0689. The minimum atomic E-state index is -1.15. The van der Waals surface area contributed by atoms with Gasteiger partial charge in [-0.15, -0.1) is 0 Å². The average molecular weight is 281 g/mol. The lowest BCUT2D eigenvalue weighted by atomic mass is 10.2. The van der Waals surface area contributed by atoms with E-state index in [0.717, 1.165) is 5.56 Å². The van der Waals surface area contributed by atoms with Gasteiger partial charge < -0.3 is 5.11 Å². The van der Waals surface area contributed by atoms with Gasteiger partial charge in [0.05, 0.1) is 11.2 Å². The smallest absolute Gasteiger partial charge is 0.356 e. The van der Waals surface area contributed by atoms with E-state index in [4.69, 9.17) is 16.7 Å². The molecule has 0 amide bonds. The van der Waals surface area contributed by atoms with Crippen LogP contribution in [0.3, 0.4) is 0 Å². The van der Waals surface area contributed by atoms with Crippen LogP contribution in [-0.4, -0.2) is 21.0 Å². The zero-order chi connectivity index (χ0) is 13.0. The second-order valence-electron chi connectivity index (χ2n) is 3.43. The third-order valence-corrected chi connectivity index (χ3v) is 3.34. The van der Waals surface area contributed by atoms with E-state index in [-0.39, 0.29) is 10.7 Å². The van der Waals surface area contributed by atoms with Crippen LogP contribution < -0.4 is 0 Å². The first-order valence-electron chi connectivity index (χ1n) is 5.09. The summed E-state index contributed by atoms with van der Waals surface area (Å²) in [5, 5.41) is 9.34. The molecular formula is C12H9ClN2O2S. The van der Waals surface area contributed by atoms with Crippen LogP contribution in [0.15, 0.2) is 41.7 Å². The fraction of sp³-hybridized carbons (Fsp3) is 0.0833. The van der Waals surface area contributed by atoms with Crippen molar-refractivity contribution in [1.29, 1.82) is 0 Å². The summed E-state index contributed by atoms with van der Waals surface area (Å²) in [6.45, 7) is 0. The number of aromatic nitrogens is 2. The summed E-state index contributed by atoms with van der Waals surface area (Å²) in [7, 11) is 0. The average Bonchev–Trinajstić information content (AvgIpc) is 2.38. The molecule has 0 fully saturated rings. The van der Waals surface area contributed by atoms with Gasteiger partial charge >= 0.3 is 5.97 Å². The van der Waals surface area contributed by atoms with E-state index in [1.54, 1.807) is 0 Å². The molecule has 4 nitrogen and oxygen atoms in total.